The third-order valence-electron chi connectivity index (χ3n) is 3.79. The second-order valence-electron chi connectivity index (χ2n) is 5.77. The fourth-order valence-corrected chi connectivity index (χ4v) is 3.42. The lowest BCUT2D eigenvalue weighted by Crippen LogP contribution is -2.31. The number of furan rings is 1. The lowest BCUT2D eigenvalue weighted by atomic mass is 10.2. The van der Waals surface area contributed by atoms with Crippen LogP contribution in [-0.4, -0.2) is 32.5 Å². The normalized spacial score (nSPS) is 11.9. The Kier molecular flexibility index (Phi) is 6.36. The summed E-state index contributed by atoms with van der Waals surface area (Å²) in [6.07, 6.45) is 3.27. The van der Waals surface area contributed by atoms with Gasteiger partial charge < -0.3 is 9.73 Å². The Morgan fingerprint density at radius 2 is 2.15 bits per heavy atom. The number of nitrogens with one attached hydrogen (secondary N) is 1. The van der Waals surface area contributed by atoms with Gasteiger partial charge in [0.1, 0.15) is 5.76 Å². The first-order valence-electron chi connectivity index (χ1n) is 8.35. The van der Waals surface area contributed by atoms with Crippen molar-refractivity contribution < 1.29 is 9.21 Å². The Labute approximate surface area is 166 Å². The first-order valence-corrected chi connectivity index (χ1v) is 9.61. The van der Waals surface area contributed by atoms with Crippen molar-refractivity contribution in [1.29, 1.82) is 0 Å². The van der Waals surface area contributed by atoms with E-state index in [0.717, 1.165) is 11.3 Å². The number of hydrogen-bond donors (Lipinski definition) is 1. The summed E-state index contributed by atoms with van der Waals surface area (Å²) in [5.41, 5.74) is 0.883. The molecule has 0 bridgehead atoms. The van der Waals surface area contributed by atoms with Crippen molar-refractivity contribution in [1.82, 2.24) is 20.1 Å². The number of carbonyl (C=O) groups is 1. The Bertz CT molecular complexity index is 906. The van der Waals surface area contributed by atoms with Crippen LogP contribution in [0.4, 0.5) is 0 Å². The maximum absolute atomic E-state index is 12.2. The number of hydrogen-bond acceptors (Lipinski definition) is 5. The van der Waals surface area contributed by atoms with Crippen LogP contribution in [0.25, 0.3) is 11.4 Å². The summed E-state index contributed by atoms with van der Waals surface area (Å²) in [5.74, 6) is 1.38. The molecule has 2 heterocycles. The molecule has 0 spiro atoms. The van der Waals surface area contributed by atoms with E-state index in [-0.39, 0.29) is 11.2 Å². The van der Waals surface area contributed by atoms with Gasteiger partial charge in [0.15, 0.2) is 11.0 Å². The Hall–Kier alpha value is -2.51. The zero-order valence-corrected chi connectivity index (χ0v) is 16.3. The average molecular weight is 403 g/mol. The van der Waals surface area contributed by atoms with Gasteiger partial charge in [-0.25, -0.2) is 0 Å². The Balaban J connectivity index is 1.90. The Morgan fingerprint density at radius 3 is 2.81 bits per heavy atom. The molecule has 0 aliphatic carbocycles. The number of aromatic nitrogens is 3. The SMILES string of the molecule is C=CCNC(=O)C(C)Sc1nnc(-c2ccc(Cl)cc2)n1Cc1ccco1. The number of halogens is 1. The van der Waals surface area contributed by atoms with Crippen molar-refractivity contribution in [2.45, 2.75) is 23.9 Å². The van der Waals surface area contributed by atoms with Crippen molar-refractivity contribution in [3.05, 3.63) is 66.1 Å². The average Bonchev–Trinajstić information content (AvgIpc) is 3.31. The van der Waals surface area contributed by atoms with Crippen molar-refractivity contribution in [2.24, 2.45) is 0 Å². The lowest BCUT2D eigenvalue weighted by Gasteiger charge is -2.12. The van der Waals surface area contributed by atoms with Crippen LogP contribution in [0.15, 0.2) is 64.9 Å². The molecule has 1 atom stereocenters. The van der Waals surface area contributed by atoms with Crippen LogP contribution < -0.4 is 5.32 Å². The van der Waals surface area contributed by atoms with Gasteiger partial charge in [-0.05, 0) is 43.3 Å². The quantitative estimate of drug-likeness (QED) is 0.455. The molecule has 0 radical (unpaired) electrons. The van der Waals surface area contributed by atoms with E-state index in [4.69, 9.17) is 16.0 Å². The molecule has 1 N–H and O–H groups in total. The summed E-state index contributed by atoms with van der Waals surface area (Å²) in [4.78, 5) is 12.2. The summed E-state index contributed by atoms with van der Waals surface area (Å²) in [6, 6.07) is 11.1. The lowest BCUT2D eigenvalue weighted by molar-refractivity contribution is -0.120. The van der Waals surface area contributed by atoms with E-state index in [2.05, 4.69) is 22.1 Å². The molecule has 6 nitrogen and oxygen atoms in total. The number of rotatable bonds is 8. The van der Waals surface area contributed by atoms with Crippen molar-refractivity contribution in [3.8, 4) is 11.4 Å². The molecule has 1 amide bonds. The molecule has 0 saturated carbocycles. The molecular weight excluding hydrogens is 384 g/mol. The van der Waals surface area contributed by atoms with Gasteiger partial charge in [-0.15, -0.1) is 16.8 Å². The molecule has 8 heteroatoms. The van der Waals surface area contributed by atoms with Gasteiger partial charge in [0.25, 0.3) is 0 Å². The number of carbonyl (C=O) groups excluding carboxylic acids is 1. The molecular formula is C19H19ClN4O2S. The molecule has 3 rings (SSSR count). The van der Waals surface area contributed by atoms with Crippen LogP contribution in [-0.2, 0) is 11.3 Å². The van der Waals surface area contributed by atoms with Gasteiger partial charge in [0.2, 0.25) is 5.91 Å². The van der Waals surface area contributed by atoms with Gasteiger partial charge in [0, 0.05) is 17.1 Å². The number of nitrogens with zero attached hydrogens (tertiary/aromatic N) is 3. The highest BCUT2D eigenvalue weighted by Crippen LogP contribution is 2.28. The molecule has 27 heavy (non-hydrogen) atoms. The van der Waals surface area contributed by atoms with E-state index < -0.39 is 0 Å². The van der Waals surface area contributed by atoms with Crippen LogP contribution in [0, 0.1) is 0 Å². The molecule has 0 aliphatic heterocycles. The monoisotopic (exact) mass is 402 g/mol. The minimum atomic E-state index is -0.331. The highest BCUT2D eigenvalue weighted by atomic mass is 35.5. The summed E-state index contributed by atoms with van der Waals surface area (Å²) < 4.78 is 7.41. The van der Waals surface area contributed by atoms with E-state index in [0.29, 0.717) is 29.1 Å². The van der Waals surface area contributed by atoms with Crippen LogP contribution in [0.1, 0.15) is 12.7 Å². The highest BCUT2D eigenvalue weighted by molar-refractivity contribution is 8.00. The largest absolute Gasteiger partial charge is 0.467 e. The molecule has 0 fully saturated rings. The van der Waals surface area contributed by atoms with E-state index in [1.54, 1.807) is 24.5 Å². The van der Waals surface area contributed by atoms with Crippen LogP contribution in [0.5, 0.6) is 0 Å². The van der Waals surface area contributed by atoms with Gasteiger partial charge in [0.05, 0.1) is 18.1 Å². The van der Waals surface area contributed by atoms with Crippen molar-refractivity contribution in [3.63, 3.8) is 0 Å². The van der Waals surface area contributed by atoms with Crippen molar-refractivity contribution in [2.75, 3.05) is 6.54 Å². The van der Waals surface area contributed by atoms with Crippen molar-refractivity contribution >= 4 is 29.3 Å². The molecule has 1 aromatic carbocycles. The number of benzene rings is 1. The highest BCUT2D eigenvalue weighted by Gasteiger charge is 2.21. The number of amides is 1. The predicted octanol–water partition coefficient (Wildman–Crippen LogP) is 4.02. The molecule has 2 aromatic heterocycles. The second-order valence-corrected chi connectivity index (χ2v) is 7.52. The first-order chi connectivity index (χ1) is 13.1. The maximum Gasteiger partial charge on any atom is 0.233 e. The summed E-state index contributed by atoms with van der Waals surface area (Å²) in [5, 5.41) is 12.4. The predicted molar refractivity (Wildman–Crippen MR) is 107 cm³/mol. The minimum Gasteiger partial charge on any atom is -0.467 e. The maximum atomic E-state index is 12.2. The molecule has 140 valence electrons. The number of thioether (sulfide) groups is 1. The van der Waals surface area contributed by atoms with Gasteiger partial charge in [-0.3, -0.25) is 9.36 Å². The zero-order valence-electron chi connectivity index (χ0n) is 14.8. The topological polar surface area (TPSA) is 73.0 Å². The zero-order chi connectivity index (χ0) is 19.2. The minimum absolute atomic E-state index is 0.0829. The van der Waals surface area contributed by atoms with E-state index >= 15 is 0 Å². The van der Waals surface area contributed by atoms with E-state index in [9.17, 15) is 4.79 Å². The molecule has 0 aliphatic rings. The van der Waals surface area contributed by atoms with E-state index in [1.807, 2.05) is 35.8 Å². The second kappa shape index (κ2) is 8.92. The summed E-state index contributed by atoms with van der Waals surface area (Å²) in [6.45, 7) is 6.33. The fraction of sp³-hybridized carbons (Fsp3) is 0.211. The summed E-state index contributed by atoms with van der Waals surface area (Å²) in [7, 11) is 0. The third-order valence-corrected chi connectivity index (χ3v) is 5.12. The van der Waals surface area contributed by atoms with Crippen LogP contribution in [0.3, 0.4) is 0 Å². The van der Waals surface area contributed by atoms with Gasteiger partial charge >= 0.3 is 0 Å². The molecule has 3 aromatic rings. The molecule has 1 unspecified atom stereocenters. The standard InChI is InChI=1S/C19H19ClN4O2S/c1-3-10-21-18(25)13(2)27-19-23-22-17(14-6-8-15(20)9-7-14)24(19)12-16-5-4-11-26-16/h3-9,11,13H,1,10,12H2,2H3,(H,21,25). The first kappa shape index (κ1) is 19.3. The van der Waals surface area contributed by atoms with Gasteiger partial charge in [-0.1, -0.05) is 29.4 Å². The third kappa shape index (κ3) is 4.81. The fourth-order valence-electron chi connectivity index (χ4n) is 2.42. The molecule has 0 saturated heterocycles. The smallest absolute Gasteiger partial charge is 0.233 e. The van der Waals surface area contributed by atoms with Crippen LogP contribution in [0.2, 0.25) is 5.02 Å². The van der Waals surface area contributed by atoms with Crippen LogP contribution >= 0.6 is 23.4 Å². The summed E-state index contributed by atoms with van der Waals surface area (Å²) >= 11 is 7.34. The van der Waals surface area contributed by atoms with Gasteiger partial charge in [-0.2, -0.15) is 0 Å². The van der Waals surface area contributed by atoms with E-state index in [1.165, 1.54) is 11.8 Å². The Morgan fingerprint density at radius 1 is 1.37 bits per heavy atom.